The van der Waals surface area contributed by atoms with Gasteiger partial charge in [-0.25, -0.2) is 15.3 Å². The van der Waals surface area contributed by atoms with Gasteiger partial charge in [0.25, 0.3) is 5.91 Å². The van der Waals surface area contributed by atoms with E-state index in [1.165, 1.54) is 15.7 Å². The van der Waals surface area contributed by atoms with Gasteiger partial charge >= 0.3 is 0 Å². The molecule has 1 saturated carbocycles. The van der Waals surface area contributed by atoms with E-state index < -0.39 is 0 Å². The van der Waals surface area contributed by atoms with Crippen LogP contribution in [0, 0.1) is 0 Å². The van der Waals surface area contributed by atoms with Gasteiger partial charge in [-0.1, -0.05) is 0 Å². The maximum atomic E-state index is 13.1. The minimum absolute atomic E-state index is 0.0778. The smallest absolute Gasteiger partial charge is 0.271 e. The minimum Gasteiger partial charge on any atom is -0.395 e. The van der Waals surface area contributed by atoms with Gasteiger partial charge in [0, 0.05) is 20.2 Å². The molecule has 7 N–H and O–H groups in total. The molecule has 11 heteroatoms. The molecule has 5 rings (SSSR count). The van der Waals surface area contributed by atoms with E-state index >= 15 is 0 Å². The molecule has 1 aromatic carbocycles. The van der Waals surface area contributed by atoms with Crippen LogP contribution in [0.2, 0.25) is 0 Å². The third-order valence-electron chi connectivity index (χ3n) is 6.06. The van der Waals surface area contributed by atoms with Gasteiger partial charge in [0.2, 0.25) is 0 Å². The molecule has 1 aliphatic heterocycles. The number of benzene rings is 1. The van der Waals surface area contributed by atoms with Crippen molar-refractivity contribution in [3.05, 3.63) is 35.7 Å². The van der Waals surface area contributed by atoms with Crippen molar-refractivity contribution in [3.63, 3.8) is 0 Å². The fraction of sp³-hybridized carbons (Fsp3) is 0.381. The number of aromatic nitrogens is 3. The van der Waals surface area contributed by atoms with Crippen molar-refractivity contribution in [3.8, 4) is 0 Å². The highest BCUT2D eigenvalue weighted by Crippen LogP contribution is 2.34. The number of fused-ring (bicyclic) bond motifs is 4. The Bertz CT molecular complexity index is 1190. The molecule has 3 aromatic rings. The molecule has 3 heterocycles. The number of hydrazine groups is 1. The van der Waals surface area contributed by atoms with Gasteiger partial charge in [-0.2, -0.15) is 0 Å². The predicted octanol–water partition coefficient (Wildman–Crippen LogP) is 1.59. The minimum atomic E-state index is -0.230. The molecule has 2 unspecified atom stereocenters. The lowest BCUT2D eigenvalue weighted by Crippen LogP contribution is -2.41. The number of nitrogens with zero attached hydrogens (tertiary/aromatic N) is 4. The Morgan fingerprint density at radius 1 is 1.31 bits per heavy atom. The van der Waals surface area contributed by atoms with Crippen molar-refractivity contribution in [2.24, 2.45) is 5.84 Å². The Kier molecular flexibility index (Phi) is 4.98. The average molecular weight is 438 g/mol. The monoisotopic (exact) mass is 437 g/mol. The normalized spacial score (nSPS) is 20.4. The second-order valence-corrected chi connectivity index (χ2v) is 8.24. The first-order chi connectivity index (χ1) is 15.4. The molecule has 0 saturated heterocycles. The number of nitrogens with two attached hydrogens (primary N) is 2. The molecule has 11 nitrogen and oxygen atoms in total. The van der Waals surface area contributed by atoms with Gasteiger partial charge in [-0.05, 0) is 37.0 Å². The SMILES string of the molecule is CNc1cc2nn3c(cnc13)C(=O)NC1CCCC1OCc1cc(c(N)c(N(C)N)c1)N2. The van der Waals surface area contributed by atoms with E-state index in [9.17, 15) is 4.79 Å². The lowest BCUT2D eigenvalue weighted by molar-refractivity contribution is 0.0271. The second kappa shape index (κ2) is 7.84. The maximum absolute atomic E-state index is 13.1. The second-order valence-electron chi connectivity index (χ2n) is 8.24. The van der Waals surface area contributed by atoms with Gasteiger partial charge in [0.15, 0.2) is 17.2 Å². The Balaban J connectivity index is 1.69. The summed E-state index contributed by atoms with van der Waals surface area (Å²) in [5.41, 5.74) is 10.8. The van der Waals surface area contributed by atoms with Crippen LogP contribution >= 0.6 is 0 Å². The van der Waals surface area contributed by atoms with Crippen LogP contribution in [0.4, 0.5) is 28.6 Å². The van der Waals surface area contributed by atoms with Crippen LogP contribution < -0.4 is 32.5 Å². The van der Waals surface area contributed by atoms with Crippen molar-refractivity contribution < 1.29 is 9.53 Å². The number of imidazole rings is 1. The summed E-state index contributed by atoms with van der Waals surface area (Å²) in [5.74, 6) is 6.31. The zero-order chi connectivity index (χ0) is 22.4. The number of hydrogen-bond donors (Lipinski definition) is 5. The molecule has 1 fully saturated rings. The Labute approximate surface area is 185 Å². The van der Waals surface area contributed by atoms with Crippen LogP contribution in [-0.4, -0.2) is 46.7 Å². The number of amides is 1. The molecule has 2 aromatic heterocycles. The third-order valence-corrected chi connectivity index (χ3v) is 6.06. The molecule has 2 aliphatic rings. The Hall–Kier alpha value is -3.57. The third kappa shape index (κ3) is 3.45. The van der Waals surface area contributed by atoms with Crippen LogP contribution in [0.15, 0.2) is 24.4 Å². The number of carbonyl (C=O) groups is 1. The molecular formula is C21H27N9O2. The first kappa shape index (κ1) is 20.3. The summed E-state index contributed by atoms with van der Waals surface area (Å²) in [6, 6.07) is 5.60. The first-order valence-electron chi connectivity index (χ1n) is 10.6. The van der Waals surface area contributed by atoms with Crippen molar-refractivity contribution in [1.29, 1.82) is 0 Å². The van der Waals surface area contributed by atoms with Crippen LogP contribution in [0.1, 0.15) is 35.3 Å². The summed E-state index contributed by atoms with van der Waals surface area (Å²) in [6.07, 6.45) is 4.19. The molecule has 32 heavy (non-hydrogen) atoms. The van der Waals surface area contributed by atoms with E-state index in [2.05, 4.69) is 26.0 Å². The zero-order valence-electron chi connectivity index (χ0n) is 18.1. The molecule has 1 amide bonds. The number of nitrogen functional groups attached to an aromatic ring is 1. The van der Waals surface area contributed by atoms with E-state index in [1.807, 2.05) is 18.2 Å². The van der Waals surface area contributed by atoms with Crippen molar-refractivity contribution in [2.45, 2.75) is 38.0 Å². The van der Waals surface area contributed by atoms with Crippen LogP contribution in [0.3, 0.4) is 0 Å². The predicted molar refractivity (Wildman–Crippen MR) is 123 cm³/mol. The summed E-state index contributed by atoms with van der Waals surface area (Å²) in [7, 11) is 3.53. The average Bonchev–Trinajstić information content (AvgIpc) is 3.39. The highest BCUT2D eigenvalue weighted by atomic mass is 16.5. The lowest BCUT2D eigenvalue weighted by atomic mass is 10.1. The molecule has 0 radical (unpaired) electrons. The summed E-state index contributed by atoms with van der Waals surface area (Å²) >= 11 is 0. The molecular weight excluding hydrogens is 410 g/mol. The highest BCUT2D eigenvalue weighted by Gasteiger charge is 2.31. The van der Waals surface area contributed by atoms with Crippen LogP contribution in [0.5, 0.6) is 0 Å². The van der Waals surface area contributed by atoms with Crippen molar-refractivity contribution in [1.82, 2.24) is 19.9 Å². The number of ether oxygens (including phenoxy) is 1. The summed E-state index contributed by atoms with van der Waals surface area (Å²) in [6.45, 7) is 0.374. The summed E-state index contributed by atoms with van der Waals surface area (Å²) < 4.78 is 7.76. The molecule has 168 valence electrons. The largest absolute Gasteiger partial charge is 0.395 e. The number of anilines is 5. The number of nitrogens with one attached hydrogen (secondary N) is 3. The Morgan fingerprint density at radius 3 is 2.94 bits per heavy atom. The summed E-state index contributed by atoms with van der Waals surface area (Å²) in [5, 5.41) is 15.6. The Morgan fingerprint density at radius 2 is 2.16 bits per heavy atom. The first-order valence-corrected chi connectivity index (χ1v) is 10.6. The number of rotatable bonds is 2. The van der Waals surface area contributed by atoms with Gasteiger partial charge < -0.3 is 31.4 Å². The molecule has 1 aliphatic carbocycles. The fourth-order valence-corrected chi connectivity index (χ4v) is 4.42. The van der Waals surface area contributed by atoms with E-state index in [0.717, 1.165) is 30.5 Å². The van der Waals surface area contributed by atoms with E-state index in [4.69, 9.17) is 16.3 Å². The molecule has 4 bridgehead atoms. The van der Waals surface area contributed by atoms with Gasteiger partial charge in [-0.15, -0.1) is 5.10 Å². The maximum Gasteiger partial charge on any atom is 0.271 e. The van der Waals surface area contributed by atoms with Gasteiger partial charge in [0.1, 0.15) is 0 Å². The number of carbonyl (C=O) groups excluding carboxylic acids is 1. The highest BCUT2D eigenvalue weighted by molar-refractivity contribution is 5.94. The standard InChI is InChI=1S/C21H27N9O2/c1-24-14-8-18-26-13-6-11(7-15(19(13)22)29(2)23)10-32-17-5-3-4-12(17)27-21(31)16-9-25-20(14)30(16)28-18/h6-9,12,17,24H,3-5,10,22-23H2,1-2H3,(H,26,28)(H,27,31). The van der Waals surface area contributed by atoms with Gasteiger partial charge in [0.05, 0.1) is 47.7 Å². The fourth-order valence-electron chi connectivity index (χ4n) is 4.42. The van der Waals surface area contributed by atoms with Crippen molar-refractivity contribution >= 4 is 40.1 Å². The topological polar surface area (TPSA) is 148 Å². The zero-order valence-corrected chi connectivity index (χ0v) is 18.1. The quantitative estimate of drug-likeness (QED) is 0.229. The van der Waals surface area contributed by atoms with Crippen LogP contribution in [0.25, 0.3) is 5.65 Å². The van der Waals surface area contributed by atoms with Gasteiger partial charge in [-0.3, -0.25) is 4.79 Å². The summed E-state index contributed by atoms with van der Waals surface area (Å²) in [4.78, 5) is 17.5. The van der Waals surface area contributed by atoms with E-state index in [-0.39, 0.29) is 18.1 Å². The van der Waals surface area contributed by atoms with E-state index in [1.54, 1.807) is 14.1 Å². The van der Waals surface area contributed by atoms with E-state index in [0.29, 0.717) is 40.8 Å². The van der Waals surface area contributed by atoms with Crippen LogP contribution in [-0.2, 0) is 11.3 Å². The van der Waals surface area contributed by atoms with Crippen molar-refractivity contribution in [2.75, 3.05) is 35.5 Å². The molecule has 0 spiro atoms. The number of hydrogen-bond acceptors (Lipinski definition) is 9. The lowest BCUT2D eigenvalue weighted by Gasteiger charge is -2.24. The molecule has 2 atom stereocenters.